The van der Waals surface area contributed by atoms with Gasteiger partial charge in [0.15, 0.2) is 0 Å². The Bertz CT molecular complexity index is 711. The Balaban J connectivity index is 1.48. The highest BCUT2D eigenvalue weighted by molar-refractivity contribution is 5.59. The molecule has 0 amide bonds. The van der Waals surface area contributed by atoms with E-state index < -0.39 is 0 Å². The van der Waals surface area contributed by atoms with Gasteiger partial charge in [-0.2, -0.15) is 0 Å². The number of unbranched alkanes of at least 4 members (excludes halogenated alkanes) is 5. The van der Waals surface area contributed by atoms with Crippen molar-refractivity contribution < 1.29 is 4.79 Å². The van der Waals surface area contributed by atoms with E-state index in [4.69, 9.17) is 4.98 Å². The molecule has 1 aromatic carbocycles. The lowest BCUT2D eigenvalue weighted by molar-refractivity contribution is -0.108. The summed E-state index contributed by atoms with van der Waals surface area (Å²) < 4.78 is 0. The Morgan fingerprint density at radius 1 is 0.897 bits per heavy atom. The summed E-state index contributed by atoms with van der Waals surface area (Å²) in [5.41, 5.74) is 5.07. The molecule has 0 unspecified atom stereocenters. The highest BCUT2D eigenvalue weighted by Crippen LogP contribution is 2.37. The number of carbonyl (C=O) groups excluding carboxylic acids is 1. The molecule has 0 bridgehead atoms. The molecule has 1 aliphatic rings. The number of aromatic nitrogens is 1. The molecule has 1 heterocycles. The fraction of sp³-hybridized carbons (Fsp3) is 0.556. The lowest BCUT2D eigenvalue weighted by Crippen LogP contribution is -2.13. The van der Waals surface area contributed by atoms with Crippen molar-refractivity contribution in [1.29, 1.82) is 0 Å². The van der Waals surface area contributed by atoms with Gasteiger partial charge in [0.05, 0.1) is 5.69 Å². The summed E-state index contributed by atoms with van der Waals surface area (Å²) in [7, 11) is 0. The average Bonchev–Trinajstić information content (AvgIpc) is 2.78. The van der Waals surface area contributed by atoms with Crippen LogP contribution in [0.1, 0.15) is 94.6 Å². The first-order chi connectivity index (χ1) is 14.3. The van der Waals surface area contributed by atoms with E-state index >= 15 is 0 Å². The van der Waals surface area contributed by atoms with Crippen LogP contribution in [0, 0.1) is 5.92 Å². The lowest BCUT2D eigenvalue weighted by Gasteiger charge is -2.27. The maximum Gasteiger partial charge on any atom is 0.120 e. The second-order valence-corrected chi connectivity index (χ2v) is 8.81. The predicted octanol–water partition coefficient (Wildman–Crippen LogP) is 7.51. The maximum atomic E-state index is 10.7. The summed E-state index contributed by atoms with van der Waals surface area (Å²) in [5.74, 6) is 1.27. The largest absolute Gasteiger partial charge is 0.303 e. The van der Waals surface area contributed by atoms with Crippen molar-refractivity contribution in [3.63, 3.8) is 0 Å². The summed E-state index contributed by atoms with van der Waals surface area (Å²) in [6.45, 7) is 2.27. The second-order valence-electron chi connectivity index (χ2n) is 8.81. The Hall–Kier alpha value is -1.96. The molecule has 2 aromatic rings. The van der Waals surface area contributed by atoms with Crippen LogP contribution in [-0.2, 0) is 11.2 Å². The topological polar surface area (TPSA) is 30.0 Å². The molecule has 1 aliphatic carbocycles. The van der Waals surface area contributed by atoms with Crippen molar-refractivity contribution in [3.8, 4) is 11.3 Å². The third-order valence-corrected chi connectivity index (χ3v) is 6.60. The van der Waals surface area contributed by atoms with Gasteiger partial charge in [-0.15, -0.1) is 0 Å². The third-order valence-electron chi connectivity index (χ3n) is 6.60. The summed E-state index contributed by atoms with van der Waals surface area (Å²) in [6.07, 6.45) is 17.9. The molecule has 3 rings (SSSR count). The molecule has 0 radical (unpaired) electrons. The van der Waals surface area contributed by atoms with Gasteiger partial charge in [0.2, 0.25) is 0 Å². The molecule has 29 heavy (non-hydrogen) atoms. The Labute approximate surface area is 177 Å². The van der Waals surface area contributed by atoms with Crippen LogP contribution in [-0.4, -0.2) is 11.3 Å². The van der Waals surface area contributed by atoms with Gasteiger partial charge in [-0.1, -0.05) is 69.4 Å². The van der Waals surface area contributed by atoms with E-state index in [1.807, 2.05) is 0 Å². The number of aldehydes is 1. The first-order valence-electron chi connectivity index (χ1n) is 11.8. The van der Waals surface area contributed by atoms with Crippen molar-refractivity contribution in [1.82, 2.24) is 4.98 Å². The van der Waals surface area contributed by atoms with Crippen molar-refractivity contribution in [2.75, 3.05) is 0 Å². The van der Waals surface area contributed by atoms with E-state index in [-0.39, 0.29) is 0 Å². The molecular formula is C27H37NO. The Kier molecular flexibility index (Phi) is 8.92. The van der Waals surface area contributed by atoms with E-state index in [1.54, 1.807) is 0 Å². The van der Waals surface area contributed by atoms with Crippen LogP contribution in [0.15, 0.2) is 42.6 Å². The van der Waals surface area contributed by atoms with Crippen LogP contribution in [0.25, 0.3) is 11.3 Å². The van der Waals surface area contributed by atoms with Crippen molar-refractivity contribution >= 4 is 6.29 Å². The van der Waals surface area contributed by atoms with Gasteiger partial charge in [0, 0.05) is 18.2 Å². The molecule has 2 heteroatoms. The van der Waals surface area contributed by atoms with Crippen LogP contribution < -0.4 is 0 Å². The number of hydrogen-bond acceptors (Lipinski definition) is 2. The van der Waals surface area contributed by atoms with Crippen LogP contribution in [0.2, 0.25) is 0 Å². The SMILES string of the molecule is CCCCCCCCc1ccc(-c2ccc([C@H]3CC[C@H](CC=O)CC3)cc2)nc1. The summed E-state index contributed by atoms with van der Waals surface area (Å²) in [6, 6.07) is 13.4. The van der Waals surface area contributed by atoms with Gasteiger partial charge < -0.3 is 4.79 Å². The fourth-order valence-electron chi connectivity index (χ4n) is 4.65. The van der Waals surface area contributed by atoms with E-state index in [0.29, 0.717) is 11.8 Å². The van der Waals surface area contributed by atoms with Crippen molar-refractivity contribution in [2.45, 2.75) is 89.9 Å². The number of carbonyl (C=O) groups is 1. The van der Waals surface area contributed by atoms with Gasteiger partial charge in [0.25, 0.3) is 0 Å². The first kappa shape index (κ1) is 21.7. The summed E-state index contributed by atoms with van der Waals surface area (Å²) in [4.78, 5) is 15.4. The second kappa shape index (κ2) is 11.9. The lowest BCUT2D eigenvalue weighted by atomic mass is 9.77. The smallest absolute Gasteiger partial charge is 0.120 e. The molecule has 0 spiro atoms. The van der Waals surface area contributed by atoms with Gasteiger partial charge in [-0.3, -0.25) is 4.98 Å². The molecular weight excluding hydrogens is 354 g/mol. The molecule has 0 atom stereocenters. The van der Waals surface area contributed by atoms with Gasteiger partial charge in [0.1, 0.15) is 6.29 Å². The quantitative estimate of drug-likeness (QED) is 0.293. The Morgan fingerprint density at radius 2 is 1.62 bits per heavy atom. The standard InChI is InChI=1S/C27H37NO/c1-2-3-4-5-6-7-8-23-11-18-27(28-21-23)26-16-14-25(15-17-26)24-12-9-22(10-13-24)19-20-29/h11,14-18,20-22,24H,2-10,12-13,19H2,1H3/t22-,24-. The molecule has 156 valence electrons. The Morgan fingerprint density at radius 3 is 2.28 bits per heavy atom. The molecule has 1 aromatic heterocycles. The molecule has 1 saturated carbocycles. The number of rotatable bonds is 11. The van der Waals surface area contributed by atoms with E-state index in [9.17, 15) is 4.79 Å². The minimum atomic E-state index is 0.613. The molecule has 2 nitrogen and oxygen atoms in total. The van der Waals surface area contributed by atoms with Gasteiger partial charge in [-0.05, 0) is 67.6 Å². The normalized spacial score (nSPS) is 19.2. The minimum absolute atomic E-state index is 0.613. The number of hydrogen-bond donors (Lipinski definition) is 0. The number of aryl methyl sites for hydroxylation is 1. The fourth-order valence-corrected chi connectivity index (χ4v) is 4.65. The zero-order chi connectivity index (χ0) is 20.3. The molecule has 1 fully saturated rings. The number of benzene rings is 1. The van der Waals surface area contributed by atoms with Crippen LogP contribution in [0.4, 0.5) is 0 Å². The zero-order valence-electron chi connectivity index (χ0n) is 18.1. The average molecular weight is 392 g/mol. The number of pyridine rings is 1. The molecule has 0 aliphatic heterocycles. The first-order valence-corrected chi connectivity index (χ1v) is 11.8. The van der Waals surface area contributed by atoms with E-state index in [0.717, 1.165) is 24.8 Å². The predicted molar refractivity (Wildman–Crippen MR) is 122 cm³/mol. The molecule has 0 saturated heterocycles. The highest BCUT2D eigenvalue weighted by atomic mass is 16.1. The summed E-state index contributed by atoms with van der Waals surface area (Å²) >= 11 is 0. The van der Waals surface area contributed by atoms with Crippen LogP contribution in [0.3, 0.4) is 0 Å². The minimum Gasteiger partial charge on any atom is -0.303 e. The van der Waals surface area contributed by atoms with Crippen LogP contribution >= 0.6 is 0 Å². The van der Waals surface area contributed by atoms with Crippen molar-refractivity contribution in [2.24, 2.45) is 5.92 Å². The van der Waals surface area contributed by atoms with E-state index in [2.05, 4.69) is 49.5 Å². The molecule has 0 N–H and O–H groups in total. The highest BCUT2D eigenvalue weighted by Gasteiger charge is 2.22. The zero-order valence-corrected chi connectivity index (χ0v) is 18.1. The van der Waals surface area contributed by atoms with Gasteiger partial charge >= 0.3 is 0 Å². The monoisotopic (exact) mass is 391 g/mol. The van der Waals surface area contributed by atoms with E-state index in [1.165, 1.54) is 80.9 Å². The van der Waals surface area contributed by atoms with Crippen LogP contribution in [0.5, 0.6) is 0 Å². The number of nitrogens with zero attached hydrogens (tertiary/aromatic N) is 1. The van der Waals surface area contributed by atoms with Gasteiger partial charge in [-0.25, -0.2) is 0 Å². The van der Waals surface area contributed by atoms with Crippen molar-refractivity contribution in [3.05, 3.63) is 53.7 Å². The summed E-state index contributed by atoms with van der Waals surface area (Å²) in [5, 5.41) is 0. The maximum absolute atomic E-state index is 10.7. The third kappa shape index (κ3) is 6.80.